The molecule has 4 nitrogen and oxygen atoms in total. The van der Waals surface area contributed by atoms with Crippen LogP contribution in [-0.2, 0) is 0 Å². The van der Waals surface area contributed by atoms with Gasteiger partial charge < -0.3 is 5.21 Å². The minimum Gasteiger partial charge on any atom is -0.411 e. The van der Waals surface area contributed by atoms with Crippen LogP contribution in [-0.4, -0.2) is 43.8 Å². The van der Waals surface area contributed by atoms with Gasteiger partial charge in [0.15, 0.2) is 0 Å². The third-order valence-electron chi connectivity index (χ3n) is 4.30. The van der Waals surface area contributed by atoms with E-state index in [0.717, 1.165) is 31.9 Å². The minimum atomic E-state index is 0.156. The molecule has 4 fully saturated rings. The summed E-state index contributed by atoms with van der Waals surface area (Å²) >= 11 is 0. The van der Waals surface area contributed by atoms with Crippen molar-refractivity contribution in [2.75, 3.05) is 32.8 Å². The van der Waals surface area contributed by atoms with Crippen LogP contribution < -0.4 is 9.80 Å². The normalized spacial score (nSPS) is 55.1. The zero-order valence-corrected chi connectivity index (χ0v) is 8.93. The van der Waals surface area contributed by atoms with Crippen molar-refractivity contribution in [2.45, 2.75) is 13.8 Å². The Hall–Kier alpha value is -0.610. The summed E-state index contributed by atoms with van der Waals surface area (Å²) in [4.78, 5) is 3.38. The molecular weight excluding hydrogens is 178 g/mol. The average molecular weight is 197 g/mol. The summed E-state index contributed by atoms with van der Waals surface area (Å²) in [6.45, 7) is 10.4. The Kier molecular flexibility index (Phi) is 1.43. The van der Waals surface area contributed by atoms with E-state index in [9.17, 15) is 5.21 Å². The number of oxime groups is 1. The Morgan fingerprint density at radius 1 is 1.07 bits per heavy atom. The fourth-order valence-electron chi connectivity index (χ4n) is 4.37. The van der Waals surface area contributed by atoms with E-state index in [1.165, 1.54) is 6.67 Å². The molecule has 0 atom stereocenters. The van der Waals surface area contributed by atoms with Gasteiger partial charge in [0, 0.05) is 0 Å². The standard InChI is InChI=1S/C10H17N3O/c1-9-3-12-5-10(2,8(9)11-14)6-13(4-9)7-12/h14H,3-7H2,1-2H3/p+2. The second-order valence-electron chi connectivity index (χ2n) is 5.95. The van der Waals surface area contributed by atoms with Crippen molar-refractivity contribution >= 4 is 5.71 Å². The molecule has 0 unspecified atom stereocenters. The topological polar surface area (TPSA) is 41.5 Å². The summed E-state index contributed by atoms with van der Waals surface area (Å²) in [5.74, 6) is 0. The first kappa shape index (κ1) is 8.68. The number of hydrogen-bond acceptors (Lipinski definition) is 2. The summed E-state index contributed by atoms with van der Waals surface area (Å²) in [6.07, 6.45) is 0. The number of nitrogens with zero attached hydrogens (tertiary/aromatic N) is 1. The lowest BCUT2D eigenvalue weighted by Crippen LogP contribution is -3.41. The van der Waals surface area contributed by atoms with Crippen molar-refractivity contribution in [2.24, 2.45) is 16.0 Å². The van der Waals surface area contributed by atoms with Crippen LogP contribution in [0, 0.1) is 10.8 Å². The van der Waals surface area contributed by atoms with E-state index >= 15 is 0 Å². The van der Waals surface area contributed by atoms with Gasteiger partial charge in [0.1, 0.15) is 10.8 Å². The predicted molar refractivity (Wildman–Crippen MR) is 51.7 cm³/mol. The summed E-state index contributed by atoms with van der Waals surface area (Å²) in [5, 5.41) is 12.8. The highest BCUT2D eigenvalue weighted by Gasteiger charge is 2.63. The van der Waals surface area contributed by atoms with Crippen molar-refractivity contribution < 1.29 is 15.0 Å². The van der Waals surface area contributed by atoms with Gasteiger partial charge in [-0.3, -0.25) is 9.80 Å². The maximum absolute atomic E-state index is 9.20. The lowest BCUT2D eigenvalue weighted by Gasteiger charge is -2.56. The van der Waals surface area contributed by atoms with Crippen LogP contribution in [0.2, 0.25) is 0 Å². The van der Waals surface area contributed by atoms with Crippen molar-refractivity contribution in [3.05, 3.63) is 0 Å². The summed E-state index contributed by atoms with van der Waals surface area (Å²) in [7, 11) is 0. The highest BCUT2D eigenvalue weighted by atomic mass is 16.4. The van der Waals surface area contributed by atoms with E-state index in [2.05, 4.69) is 19.0 Å². The van der Waals surface area contributed by atoms with Gasteiger partial charge >= 0.3 is 0 Å². The maximum Gasteiger partial charge on any atom is 0.204 e. The zero-order valence-electron chi connectivity index (χ0n) is 8.93. The van der Waals surface area contributed by atoms with Crippen molar-refractivity contribution in [1.29, 1.82) is 0 Å². The molecule has 4 aliphatic heterocycles. The largest absolute Gasteiger partial charge is 0.411 e. The molecule has 0 spiro atoms. The molecule has 0 amide bonds. The van der Waals surface area contributed by atoms with Crippen molar-refractivity contribution in [1.82, 2.24) is 0 Å². The first-order valence-electron chi connectivity index (χ1n) is 5.46. The molecule has 4 rings (SSSR count). The van der Waals surface area contributed by atoms with Crippen molar-refractivity contribution in [3.63, 3.8) is 0 Å². The Morgan fingerprint density at radius 2 is 1.50 bits per heavy atom. The van der Waals surface area contributed by atoms with E-state index < -0.39 is 0 Å². The SMILES string of the molecule is CC12C[NH+]3C[NH+](C1)CC(C)(C3)C2=NO. The quantitative estimate of drug-likeness (QED) is 0.294. The molecule has 14 heavy (non-hydrogen) atoms. The van der Waals surface area contributed by atoms with Crippen LogP contribution in [0.3, 0.4) is 0 Å². The maximum atomic E-state index is 9.20. The molecule has 0 aliphatic carbocycles. The van der Waals surface area contributed by atoms with Gasteiger partial charge in [0.25, 0.3) is 0 Å². The van der Waals surface area contributed by atoms with E-state index in [0.29, 0.717) is 0 Å². The number of nitrogens with one attached hydrogen (secondary N) is 2. The Balaban J connectivity index is 2.10. The van der Waals surface area contributed by atoms with Crippen LogP contribution in [0.5, 0.6) is 0 Å². The van der Waals surface area contributed by atoms with E-state index in [-0.39, 0.29) is 10.8 Å². The molecule has 0 aromatic rings. The molecule has 0 aromatic heterocycles. The summed E-state index contributed by atoms with van der Waals surface area (Å²) in [5.41, 5.74) is 1.38. The molecule has 3 N–H and O–H groups in total. The molecular formula is C10H19N3O+2. The number of rotatable bonds is 0. The molecule has 0 radical (unpaired) electrons. The molecule has 4 heteroatoms. The van der Waals surface area contributed by atoms with Gasteiger partial charge in [-0.2, -0.15) is 0 Å². The Bertz CT molecular complexity index is 274. The molecule has 0 saturated carbocycles. The van der Waals surface area contributed by atoms with Crippen LogP contribution in [0.15, 0.2) is 5.16 Å². The average Bonchev–Trinajstić information content (AvgIpc) is 1.97. The van der Waals surface area contributed by atoms with Crippen molar-refractivity contribution in [3.8, 4) is 0 Å². The lowest BCUT2D eigenvalue weighted by atomic mass is 9.62. The number of quaternary nitrogens is 2. The van der Waals surface area contributed by atoms with Gasteiger partial charge in [-0.1, -0.05) is 5.16 Å². The Morgan fingerprint density at radius 3 is 1.86 bits per heavy atom. The molecule has 4 bridgehead atoms. The molecule has 4 aliphatic rings. The molecule has 0 aromatic carbocycles. The van der Waals surface area contributed by atoms with Gasteiger partial charge in [0.2, 0.25) is 6.67 Å². The number of hydrogen-bond donors (Lipinski definition) is 3. The summed E-state index contributed by atoms with van der Waals surface area (Å²) < 4.78 is 0. The van der Waals surface area contributed by atoms with E-state index in [1.54, 1.807) is 9.80 Å². The lowest BCUT2D eigenvalue weighted by molar-refractivity contribution is -1.14. The molecule has 4 heterocycles. The number of piperidine rings is 2. The van der Waals surface area contributed by atoms with Gasteiger partial charge in [-0.25, -0.2) is 0 Å². The second kappa shape index (κ2) is 2.31. The monoisotopic (exact) mass is 197 g/mol. The van der Waals surface area contributed by atoms with Gasteiger partial charge in [-0.05, 0) is 13.8 Å². The smallest absolute Gasteiger partial charge is 0.204 e. The predicted octanol–water partition coefficient (Wildman–Crippen LogP) is -2.40. The van der Waals surface area contributed by atoms with Crippen LogP contribution in [0.1, 0.15) is 13.8 Å². The van der Waals surface area contributed by atoms with Crippen LogP contribution >= 0.6 is 0 Å². The third-order valence-corrected chi connectivity index (χ3v) is 4.30. The highest BCUT2D eigenvalue weighted by Crippen LogP contribution is 2.34. The highest BCUT2D eigenvalue weighted by molar-refractivity contribution is 5.95. The molecule has 4 saturated heterocycles. The van der Waals surface area contributed by atoms with Crippen LogP contribution in [0.25, 0.3) is 0 Å². The molecule has 78 valence electrons. The van der Waals surface area contributed by atoms with E-state index in [1.807, 2.05) is 0 Å². The fourth-order valence-corrected chi connectivity index (χ4v) is 4.37. The van der Waals surface area contributed by atoms with Gasteiger partial charge in [-0.15, -0.1) is 0 Å². The fraction of sp³-hybridized carbons (Fsp3) is 0.900. The second-order valence-corrected chi connectivity index (χ2v) is 5.95. The van der Waals surface area contributed by atoms with Crippen LogP contribution in [0.4, 0.5) is 0 Å². The summed E-state index contributed by atoms with van der Waals surface area (Å²) in [6, 6.07) is 0. The van der Waals surface area contributed by atoms with E-state index in [4.69, 9.17) is 0 Å². The van der Waals surface area contributed by atoms with Gasteiger partial charge in [0.05, 0.1) is 31.9 Å². The first-order valence-corrected chi connectivity index (χ1v) is 5.46. The zero-order chi connectivity index (χ0) is 9.97. The minimum absolute atomic E-state index is 0.156. The first-order chi connectivity index (χ1) is 6.56. The Labute approximate surface area is 84.2 Å². The third kappa shape index (κ3) is 0.880.